The number of hydrogen-bond acceptors (Lipinski definition) is 5. The zero-order chi connectivity index (χ0) is 14.1. The second kappa shape index (κ2) is 8.44. The van der Waals surface area contributed by atoms with Gasteiger partial charge in [-0.3, -0.25) is 9.78 Å². The SMILES string of the molecule is COCCNc1cncc(C(=O)NCCN(C)C)c1. The van der Waals surface area contributed by atoms with Crippen LogP contribution >= 0.6 is 0 Å². The van der Waals surface area contributed by atoms with Gasteiger partial charge in [-0.05, 0) is 20.2 Å². The molecule has 0 unspecified atom stereocenters. The molecule has 106 valence electrons. The molecular weight excluding hydrogens is 244 g/mol. The molecule has 0 saturated carbocycles. The van der Waals surface area contributed by atoms with Gasteiger partial charge in [0, 0.05) is 39.1 Å². The molecule has 2 N–H and O–H groups in total. The van der Waals surface area contributed by atoms with E-state index in [2.05, 4.69) is 15.6 Å². The van der Waals surface area contributed by atoms with Crippen LogP contribution in [0.5, 0.6) is 0 Å². The molecule has 19 heavy (non-hydrogen) atoms. The first-order valence-electron chi connectivity index (χ1n) is 6.24. The van der Waals surface area contributed by atoms with E-state index in [1.165, 1.54) is 0 Å². The number of aromatic nitrogens is 1. The third-order valence-corrected chi connectivity index (χ3v) is 2.48. The predicted molar refractivity (Wildman–Crippen MR) is 75.5 cm³/mol. The van der Waals surface area contributed by atoms with Crippen molar-refractivity contribution < 1.29 is 9.53 Å². The minimum Gasteiger partial charge on any atom is -0.383 e. The van der Waals surface area contributed by atoms with Crippen LogP contribution in [0.3, 0.4) is 0 Å². The lowest BCUT2D eigenvalue weighted by Gasteiger charge is -2.11. The van der Waals surface area contributed by atoms with Gasteiger partial charge in [0.2, 0.25) is 0 Å². The fraction of sp³-hybridized carbons (Fsp3) is 0.538. The Labute approximate surface area is 114 Å². The van der Waals surface area contributed by atoms with Gasteiger partial charge in [0.1, 0.15) is 0 Å². The zero-order valence-electron chi connectivity index (χ0n) is 11.8. The summed E-state index contributed by atoms with van der Waals surface area (Å²) in [5.41, 5.74) is 1.37. The number of hydrogen-bond donors (Lipinski definition) is 2. The molecule has 6 heteroatoms. The summed E-state index contributed by atoms with van der Waals surface area (Å²) in [6, 6.07) is 1.79. The Balaban J connectivity index is 2.48. The van der Waals surface area contributed by atoms with Gasteiger partial charge in [0.15, 0.2) is 0 Å². The molecule has 1 aromatic heterocycles. The molecule has 0 aliphatic carbocycles. The molecule has 0 aromatic carbocycles. The van der Waals surface area contributed by atoms with Crippen LogP contribution in [0.4, 0.5) is 5.69 Å². The van der Waals surface area contributed by atoms with Gasteiger partial charge in [-0.25, -0.2) is 0 Å². The van der Waals surface area contributed by atoms with E-state index in [1.807, 2.05) is 19.0 Å². The zero-order valence-corrected chi connectivity index (χ0v) is 11.8. The van der Waals surface area contributed by atoms with Gasteiger partial charge < -0.3 is 20.3 Å². The summed E-state index contributed by atoms with van der Waals surface area (Å²) in [6.45, 7) is 2.72. The normalized spacial score (nSPS) is 10.5. The van der Waals surface area contributed by atoms with Crippen molar-refractivity contribution >= 4 is 11.6 Å². The Bertz CT molecular complexity index is 396. The molecule has 1 rings (SSSR count). The van der Waals surface area contributed by atoms with Gasteiger partial charge in [-0.2, -0.15) is 0 Å². The van der Waals surface area contributed by atoms with Crippen molar-refractivity contribution in [2.24, 2.45) is 0 Å². The maximum Gasteiger partial charge on any atom is 0.252 e. The Hall–Kier alpha value is -1.66. The number of carbonyl (C=O) groups excluding carboxylic acids is 1. The average Bonchev–Trinajstić information content (AvgIpc) is 2.39. The summed E-state index contributed by atoms with van der Waals surface area (Å²) >= 11 is 0. The highest BCUT2D eigenvalue weighted by atomic mass is 16.5. The van der Waals surface area contributed by atoms with Crippen molar-refractivity contribution in [2.45, 2.75) is 0 Å². The Kier molecular flexibility index (Phi) is 6.84. The van der Waals surface area contributed by atoms with Crippen molar-refractivity contribution in [3.8, 4) is 0 Å². The van der Waals surface area contributed by atoms with Crippen molar-refractivity contribution in [2.75, 3.05) is 52.8 Å². The lowest BCUT2D eigenvalue weighted by atomic mass is 10.2. The predicted octanol–water partition coefficient (Wildman–Crippen LogP) is 0.431. The molecule has 0 aliphatic rings. The number of carbonyl (C=O) groups is 1. The summed E-state index contributed by atoms with van der Waals surface area (Å²) in [6.07, 6.45) is 3.25. The third-order valence-electron chi connectivity index (χ3n) is 2.48. The molecule has 0 spiro atoms. The van der Waals surface area contributed by atoms with E-state index >= 15 is 0 Å². The number of amides is 1. The third kappa shape index (κ3) is 6.17. The standard InChI is InChI=1S/C13H22N4O2/c1-17(2)6-4-16-13(18)11-8-12(10-14-9-11)15-5-7-19-3/h8-10,15H,4-7H2,1-3H3,(H,16,18). The summed E-state index contributed by atoms with van der Waals surface area (Å²) in [5.74, 6) is -0.107. The number of ether oxygens (including phenoxy) is 1. The highest BCUT2D eigenvalue weighted by molar-refractivity contribution is 5.94. The largest absolute Gasteiger partial charge is 0.383 e. The number of methoxy groups -OCH3 is 1. The maximum absolute atomic E-state index is 11.9. The second-order valence-corrected chi connectivity index (χ2v) is 4.44. The number of nitrogens with zero attached hydrogens (tertiary/aromatic N) is 2. The summed E-state index contributed by atoms with van der Waals surface area (Å²) in [7, 11) is 5.58. The molecule has 1 amide bonds. The number of pyridine rings is 1. The molecular formula is C13H22N4O2. The van der Waals surface area contributed by atoms with Gasteiger partial charge in [0.05, 0.1) is 17.9 Å². The molecule has 0 radical (unpaired) electrons. The molecule has 0 fully saturated rings. The minimum absolute atomic E-state index is 0.107. The number of likely N-dealkylation sites (N-methyl/N-ethyl adjacent to an activating group) is 1. The van der Waals surface area contributed by atoms with Crippen LogP contribution in [-0.2, 0) is 4.74 Å². The monoisotopic (exact) mass is 266 g/mol. The summed E-state index contributed by atoms with van der Waals surface area (Å²) < 4.78 is 4.95. The molecule has 1 aromatic rings. The average molecular weight is 266 g/mol. The number of anilines is 1. The van der Waals surface area contributed by atoms with E-state index in [1.54, 1.807) is 25.6 Å². The molecule has 6 nitrogen and oxygen atoms in total. The van der Waals surface area contributed by atoms with Gasteiger partial charge >= 0.3 is 0 Å². The second-order valence-electron chi connectivity index (χ2n) is 4.44. The van der Waals surface area contributed by atoms with E-state index < -0.39 is 0 Å². The molecule has 0 aliphatic heterocycles. The van der Waals surface area contributed by atoms with Crippen molar-refractivity contribution in [3.63, 3.8) is 0 Å². The van der Waals surface area contributed by atoms with Gasteiger partial charge in [-0.1, -0.05) is 0 Å². The Morgan fingerprint density at radius 3 is 2.84 bits per heavy atom. The van der Waals surface area contributed by atoms with E-state index in [-0.39, 0.29) is 5.91 Å². The number of rotatable bonds is 8. The fourth-order valence-corrected chi connectivity index (χ4v) is 1.45. The highest BCUT2D eigenvalue weighted by Crippen LogP contribution is 2.07. The first-order valence-corrected chi connectivity index (χ1v) is 6.24. The highest BCUT2D eigenvalue weighted by Gasteiger charge is 2.06. The van der Waals surface area contributed by atoms with E-state index in [4.69, 9.17) is 4.74 Å². The lowest BCUT2D eigenvalue weighted by molar-refractivity contribution is 0.0950. The topological polar surface area (TPSA) is 66.5 Å². The summed E-state index contributed by atoms with van der Waals surface area (Å²) in [4.78, 5) is 18.0. The quantitative estimate of drug-likeness (QED) is 0.668. The van der Waals surface area contributed by atoms with Crippen LogP contribution in [0.15, 0.2) is 18.5 Å². The van der Waals surface area contributed by atoms with Gasteiger partial charge in [0.25, 0.3) is 5.91 Å². The van der Waals surface area contributed by atoms with Gasteiger partial charge in [-0.15, -0.1) is 0 Å². The molecule has 0 bridgehead atoms. The van der Waals surface area contributed by atoms with Crippen molar-refractivity contribution in [3.05, 3.63) is 24.0 Å². The first kappa shape index (κ1) is 15.4. The number of nitrogens with one attached hydrogen (secondary N) is 2. The first-order chi connectivity index (χ1) is 9.13. The van der Waals surface area contributed by atoms with Crippen LogP contribution in [0, 0.1) is 0 Å². The maximum atomic E-state index is 11.9. The van der Waals surface area contributed by atoms with Crippen LogP contribution in [-0.4, -0.2) is 63.2 Å². The van der Waals surface area contributed by atoms with E-state index in [0.717, 1.165) is 12.2 Å². The lowest BCUT2D eigenvalue weighted by Crippen LogP contribution is -2.31. The van der Waals surface area contributed by atoms with Crippen LogP contribution in [0.1, 0.15) is 10.4 Å². The molecule has 1 heterocycles. The van der Waals surface area contributed by atoms with Crippen molar-refractivity contribution in [1.82, 2.24) is 15.2 Å². The fourth-order valence-electron chi connectivity index (χ4n) is 1.45. The summed E-state index contributed by atoms with van der Waals surface area (Å²) in [5, 5.41) is 5.99. The van der Waals surface area contributed by atoms with E-state index in [0.29, 0.717) is 25.3 Å². The minimum atomic E-state index is -0.107. The van der Waals surface area contributed by atoms with Crippen LogP contribution < -0.4 is 10.6 Å². The van der Waals surface area contributed by atoms with Crippen molar-refractivity contribution in [1.29, 1.82) is 0 Å². The molecule has 0 saturated heterocycles. The Morgan fingerprint density at radius 2 is 2.16 bits per heavy atom. The van der Waals surface area contributed by atoms with E-state index in [9.17, 15) is 4.79 Å². The molecule has 0 atom stereocenters. The Morgan fingerprint density at radius 1 is 1.37 bits per heavy atom. The smallest absolute Gasteiger partial charge is 0.252 e. The van der Waals surface area contributed by atoms with Crippen LogP contribution in [0.2, 0.25) is 0 Å². The van der Waals surface area contributed by atoms with Crippen LogP contribution in [0.25, 0.3) is 0 Å².